The van der Waals surface area contributed by atoms with Crippen molar-refractivity contribution in [3.8, 4) is 0 Å². The van der Waals surface area contributed by atoms with Gasteiger partial charge in [0.15, 0.2) is 0 Å². The van der Waals surface area contributed by atoms with Gasteiger partial charge < -0.3 is 10.1 Å². The Morgan fingerprint density at radius 3 is 2.89 bits per heavy atom. The fourth-order valence-corrected chi connectivity index (χ4v) is 2.48. The van der Waals surface area contributed by atoms with Crippen molar-refractivity contribution in [3.63, 3.8) is 0 Å². The zero-order chi connectivity index (χ0) is 12.8. The molecule has 98 valence electrons. The molecule has 0 radical (unpaired) electrons. The normalized spacial score (nSPS) is 16.9. The Morgan fingerprint density at radius 1 is 1.39 bits per heavy atom. The van der Waals surface area contributed by atoms with Crippen molar-refractivity contribution in [3.05, 3.63) is 46.7 Å². The van der Waals surface area contributed by atoms with Crippen molar-refractivity contribution in [2.75, 3.05) is 13.2 Å². The molecule has 1 aromatic rings. The number of nitrogens with one attached hydrogen (secondary N) is 1. The summed E-state index contributed by atoms with van der Waals surface area (Å²) in [7, 11) is 0. The molecule has 0 saturated carbocycles. The van der Waals surface area contributed by atoms with Gasteiger partial charge in [-0.1, -0.05) is 36.7 Å². The summed E-state index contributed by atoms with van der Waals surface area (Å²) in [6.07, 6.45) is 5.17. The fourth-order valence-electron chi connectivity index (χ4n) is 2.24. The standard InChI is InChI=1S/C15H20ClNO/c1-2-9-17-15(12-6-5-10-18-11-12)13-7-3-4-8-14(13)16/h3-4,7-8,11,15,17H,2,5-6,9-10H2,1H3. The number of halogens is 1. The highest BCUT2D eigenvalue weighted by atomic mass is 35.5. The Kier molecular flexibility index (Phi) is 5.09. The van der Waals surface area contributed by atoms with Gasteiger partial charge in [-0.3, -0.25) is 0 Å². The van der Waals surface area contributed by atoms with E-state index in [1.165, 1.54) is 5.57 Å². The average molecular weight is 266 g/mol. The monoisotopic (exact) mass is 265 g/mol. The van der Waals surface area contributed by atoms with E-state index in [0.717, 1.165) is 43.0 Å². The molecule has 0 saturated heterocycles. The van der Waals surface area contributed by atoms with Gasteiger partial charge in [-0.05, 0) is 43.0 Å². The molecule has 3 heteroatoms. The quantitative estimate of drug-likeness (QED) is 0.866. The van der Waals surface area contributed by atoms with E-state index in [4.69, 9.17) is 16.3 Å². The van der Waals surface area contributed by atoms with E-state index < -0.39 is 0 Å². The summed E-state index contributed by atoms with van der Waals surface area (Å²) in [5.74, 6) is 0. The van der Waals surface area contributed by atoms with Crippen LogP contribution in [0.25, 0.3) is 0 Å². The van der Waals surface area contributed by atoms with Gasteiger partial charge in [0.25, 0.3) is 0 Å². The zero-order valence-electron chi connectivity index (χ0n) is 10.8. The van der Waals surface area contributed by atoms with Crippen LogP contribution < -0.4 is 5.32 Å². The lowest BCUT2D eigenvalue weighted by molar-refractivity contribution is 0.219. The molecule has 1 aliphatic rings. The topological polar surface area (TPSA) is 21.3 Å². The Hall–Kier alpha value is -0.990. The highest BCUT2D eigenvalue weighted by Crippen LogP contribution is 2.31. The molecule has 0 aromatic heterocycles. The van der Waals surface area contributed by atoms with Crippen molar-refractivity contribution in [2.24, 2.45) is 0 Å². The van der Waals surface area contributed by atoms with Crippen molar-refractivity contribution < 1.29 is 4.74 Å². The number of ether oxygens (including phenoxy) is 1. The molecule has 0 amide bonds. The first-order chi connectivity index (χ1) is 8.83. The molecule has 1 aliphatic heterocycles. The molecule has 0 aliphatic carbocycles. The van der Waals surface area contributed by atoms with Crippen LogP contribution in [-0.4, -0.2) is 13.2 Å². The lowest BCUT2D eigenvalue weighted by Gasteiger charge is -2.25. The first kappa shape index (κ1) is 13.4. The molecular weight excluding hydrogens is 246 g/mol. The Morgan fingerprint density at radius 2 is 2.22 bits per heavy atom. The second kappa shape index (κ2) is 6.81. The molecular formula is C15H20ClNO. The first-order valence-electron chi connectivity index (χ1n) is 6.61. The lowest BCUT2D eigenvalue weighted by Crippen LogP contribution is -2.25. The van der Waals surface area contributed by atoms with Crippen LogP contribution in [0.3, 0.4) is 0 Å². The van der Waals surface area contributed by atoms with Crippen LogP contribution in [0, 0.1) is 0 Å². The highest BCUT2D eigenvalue weighted by Gasteiger charge is 2.20. The van der Waals surface area contributed by atoms with Crippen LogP contribution in [0.15, 0.2) is 36.1 Å². The first-order valence-corrected chi connectivity index (χ1v) is 6.99. The maximum Gasteiger partial charge on any atom is 0.0876 e. The highest BCUT2D eigenvalue weighted by molar-refractivity contribution is 6.31. The Labute approximate surface area is 114 Å². The third-order valence-electron chi connectivity index (χ3n) is 3.15. The minimum Gasteiger partial charge on any atom is -0.501 e. The lowest BCUT2D eigenvalue weighted by atomic mass is 9.95. The molecule has 0 bridgehead atoms. The summed E-state index contributed by atoms with van der Waals surface area (Å²) < 4.78 is 5.46. The van der Waals surface area contributed by atoms with E-state index in [1.807, 2.05) is 24.5 Å². The van der Waals surface area contributed by atoms with Gasteiger partial charge in [0.2, 0.25) is 0 Å². The third kappa shape index (κ3) is 3.27. The second-order valence-corrected chi connectivity index (χ2v) is 4.98. The number of benzene rings is 1. The van der Waals surface area contributed by atoms with Gasteiger partial charge in [0, 0.05) is 5.02 Å². The van der Waals surface area contributed by atoms with Gasteiger partial charge in [0.05, 0.1) is 18.9 Å². The van der Waals surface area contributed by atoms with E-state index in [9.17, 15) is 0 Å². The van der Waals surface area contributed by atoms with Crippen LogP contribution in [0.1, 0.15) is 37.8 Å². The maximum atomic E-state index is 6.31. The molecule has 1 aromatic carbocycles. The number of hydrogen-bond donors (Lipinski definition) is 1. The summed E-state index contributed by atoms with van der Waals surface area (Å²) in [5, 5.41) is 4.38. The van der Waals surface area contributed by atoms with Crippen LogP contribution in [-0.2, 0) is 4.74 Å². The molecule has 1 N–H and O–H groups in total. The van der Waals surface area contributed by atoms with Gasteiger partial charge >= 0.3 is 0 Å². The van der Waals surface area contributed by atoms with Crippen LogP contribution >= 0.6 is 11.6 Å². The summed E-state index contributed by atoms with van der Waals surface area (Å²) in [4.78, 5) is 0. The largest absolute Gasteiger partial charge is 0.501 e. The Balaban J connectivity index is 2.24. The van der Waals surface area contributed by atoms with E-state index >= 15 is 0 Å². The molecule has 2 nitrogen and oxygen atoms in total. The van der Waals surface area contributed by atoms with Crippen molar-refractivity contribution in [2.45, 2.75) is 32.2 Å². The average Bonchev–Trinajstić information content (AvgIpc) is 2.42. The van der Waals surface area contributed by atoms with Crippen molar-refractivity contribution >= 4 is 11.6 Å². The van der Waals surface area contributed by atoms with Gasteiger partial charge in [-0.2, -0.15) is 0 Å². The molecule has 2 rings (SSSR count). The van der Waals surface area contributed by atoms with Crippen LogP contribution in [0.5, 0.6) is 0 Å². The zero-order valence-corrected chi connectivity index (χ0v) is 11.5. The molecule has 1 unspecified atom stereocenters. The third-order valence-corrected chi connectivity index (χ3v) is 3.49. The van der Waals surface area contributed by atoms with E-state index in [-0.39, 0.29) is 6.04 Å². The predicted molar refractivity (Wildman–Crippen MR) is 75.8 cm³/mol. The van der Waals surface area contributed by atoms with Crippen molar-refractivity contribution in [1.82, 2.24) is 5.32 Å². The minimum atomic E-state index is 0.180. The van der Waals surface area contributed by atoms with E-state index in [1.54, 1.807) is 0 Å². The van der Waals surface area contributed by atoms with E-state index in [0.29, 0.717) is 0 Å². The summed E-state index contributed by atoms with van der Waals surface area (Å²) >= 11 is 6.31. The smallest absolute Gasteiger partial charge is 0.0876 e. The number of hydrogen-bond acceptors (Lipinski definition) is 2. The maximum absolute atomic E-state index is 6.31. The second-order valence-electron chi connectivity index (χ2n) is 4.58. The summed E-state index contributed by atoms with van der Waals surface area (Å²) in [5.41, 5.74) is 2.44. The summed E-state index contributed by atoms with van der Waals surface area (Å²) in [6.45, 7) is 3.97. The molecule has 18 heavy (non-hydrogen) atoms. The van der Waals surface area contributed by atoms with Gasteiger partial charge in [-0.25, -0.2) is 0 Å². The predicted octanol–water partition coefficient (Wildman–Crippen LogP) is 4.08. The van der Waals surface area contributed by atoms with Crippen LogP contribution in [0.4, 0.5) is 0 Å². The fraction of sp³-hybridized carbons (Fsp3) is 0.467. The molecule has 0 spiro atoms. The van der Waals surface area contributed by atoms with Crippen LogP contribution in [0.2, 0.25) is 5.02 Å². The number of rotatable bonds is 5. The SMILES string of the molecule is CCCNC(C1=COCCC1)c1ccccc1Cl. The molecule has 1 heterocycles. The van der Waals surface area contributed by atoms with Crippen molar-refractivity contribution in [1.29, 1.82) is 0 Å². The van der Waals surface area contributed by atoms with Gasteiger partial charge in [0.1, 0.15) is 0 Å². The van der Waals surface area contributed by atoms with E-state index in [2.05, 4.69) is 18.3 Å². The van der Waals surface area contributed by atoms with Gasteiger partial charge in [-0.15, -0.1) is 0 Å². The minimum absolute atomic E-state index is 0.180. The molecule has 1 atom stereocenters. The molecule has 0 fully saturated rings. The Bertz CT molecular complexity index is 417. The summed E-state index contributed by atoms with van der Waals surface area (Å²) in [6, 6.07) is 8.21.